The van der Waals surface area contributed by atoms with Crippen molar-refractivity contribution < 1.29 is 9.53 Å². The Labute approximate surface area is 96.7 Å². The molecule has 0 heterocycles. The molecule has 0 spiro atoms. The first-order chi connectivity index (χ1) is 6.50. The van der Waals surface area contributed by atoms with Crippen LogP contribution in [0.4, 0.5) is 0 Å². The SMILES string of the molecule is Cc1c(Cl)cc(Cl)cc1OCC(=O)Cl. The molecule has 0 radical (unpaired) electrons. The van der Waals surface area contributed by atoms with Crippen molar-refractivity contribution in [3.8, 4) is 5.75 Å². The molecule has 0 aromatic heterocycles. The van der Waals surface area contributed by atoms with E-state index in [-0.39, 0.29) is 6.61 Å². The van der Waals surface area contributed by atoms with Crippen molar-refractivity contribution in [2.75, 3.05) is 6.61 Å². The molecule has 0 atom stereocenters. The summed E-state index contributed by atoms with van der Waals surface area (Å²) in [4.78, 5) is 10.5. The van der Waals surface area contributed by atoms with Gasteiger partial charge in [-0.25, -0.2) is 0 Å². The maximum Gasteiger partial charge on any atom is 0.259 e. The normalized spacial score (nSPS) is 10.0. The van der Waals surface area contributed by atoms with Gasteiger partial charge in [-0.2, -0.15) is 0 Å². The summed E-state index contributed by atoms with van der Waals surface area (Å²) in [6.45, 7) is 1.58. The van der Waals surface area contributed by atoms with Crippen LogP contribution in [0.2, 0.25) is 10.0 Å². The highest BCUT2D eigenvalue weighted by atomic mass is 35.5. The summed E-state index contributed by atoms with van der Waals surface area (Å²) >= 11 is 16.7. The molecule has 0 aliphatic carbocycles. The maximum absolute atomic E-state index is 10.5. The van der Waals surface area contributed by atoms with Crippen molar-refractivity contribution in [1.29, 1.82) is 0 Å². The van der Waals surface area contributed by atoms with Crippen LogP contribution in [-0.4, -0.2) is 11.8 Å². The van der Waals surface area contributed by atoms with Crippen LogP contribution in [-0.2, 0) is 4.79 Å². The molecule has 0 aliphatic rings. The summed E-state index contributed by atoms with van der Waals surface area (Å²) in [5.74, 6) is 0.469. The minimum Gasteiger partial charge on any atom is -0.484 e. The minimum absolute atomic E-state index is 0.195. The number of benzene rings is 1. The van der Waals surface area contributed by atoms with Gasteiger partial charge in [0.05, 0.1) is 0 Å². The van der Waals surface area contributed by atoms with Crippen molar-refractivity contribution >= 4 is 40.0 Å². The molecule has 2 nitrogen and oxygen atoms in total. The zero-order chi connectivity index (χ0) is 10.7. The molecule has 0 aliphatic heterocycles. The van der Waals surface area contributed by atoms with E-state index < -0.39 is 5.24 Å². The third-order valence-electron chi connectivity index (χ3n) is 1.60. The van der Waals surface area contributed by atoms with Gasteiger partial charge in [-0.3, -0.25) is 4.79 Å². The van der Waals surface area contributed by atoms with Gasteiger partial charge in [0.1, 0.15) is 5.75 Å². The summed E-state index contributed by atoms with van der Waals surface area (Å²) in [6.07, 6.45) is 0. The van der Waals surface area contributed by atoms with Crippen molar-refractivity contribution in [3.63, 3.8) is 0 Å². The molecule has 0 bridgehead atoms. The molecule has 1 rings (SSSR count). The van der Waals surface area contributed by atoms with E-state index in [9.17, 15) is 4.79 Å². The average molecular weight is 254 g/mol. The van der Waals surface area contributed by atoms with E-state index in [1.807, 2.05) is 0 Å². The fourth-order valence-electron chi connectivity index (χ4n) is 0.907. The van der Waals surface area contributed by atoms with Gasteiger partial charge in [0.15, 0.2) is 6.61 Å². The number of hydrogen-bond acceptors (Lipinski definition) is 2. The van der Waals surface area contributed by atoms with E-state index in [0.29, 0.717) is 15.8 Å². The van der Waals surface area contributed by atoms with E-state index in [2.05, 4.69) is 0 Å². The fraction of sp³-hybridized carbons (Fsp3) is 0.222. The first-order valence-electron chi connectivity index (χ1n) is 3.77. The fourth-order valence-corrected chi connectivity index (χ4v) is 1.44. The second kappa shape index (κ2) is 4.87. The largest absolute Gasteiger partial charge is 0.484 e. The summed E-state index contributed by atoms with van der Waals surface area (Å²) in [7, 11) is 0. The smallest absolute Gasteiger partial charge is 0.259 e. The molecule has 0 fully saturated rings. The second-order valence-electron chi connectivity index (χ2n) is 2.65. The van der Waals surface area contributed by atoms with Crippen molar-refractivity contribution in [3.05, 3.63) is 27.7 Å². The molecule has 14 heavy (non-hydrogen) atoms. The predicted octanol–water partition coefficient (Wildman–Crippen LogP) is 3.45. The van der Waals surface area contributed by atoms with E-state index >= 15 is 0 Å². The Kier molecular flexibility index (Phi) is 4.05. The Morgan fingerprint density at radius 2 is 2.07 bits per heavy atom. The number of halogens is 3. The van der Waals surface area contributed by atoms with Gasteiger partial charge in [0, 0.05) is 15.6 Å². The number of hydrogen-bond donors (Lipinski definition) is 0. The quantitative estimate of drug-likeness (QED) is 0.771. The van der Waals surface area contributed by atoms with Crippen LogP contribution < -0.4 is 4.74 Å². The molecular weight excluding hydrogens is 246 g/mol. The van der Waals surface area contributed by atoms with Gasteiger partial charge in [-0.15, -0.1) is 0 Å². The van der Waals surface area contributed by atoms with Gasteiger partial charge < -0.3 is 4.74 Å². The average Bonchev–Trinajstić information content (AvgIpc) is 2.08. The van der Waals surface area contributed by atoms with Crippen LogP contribution in [0.25, 0.3) is 0 Å². The van der Waals surface area contributed by atoms with Gasteiger partial charge in [-0.05, 0) is 30.7 Å². The van der Waals surface area contributed by atoms with Gasteiger partial charge >= 0.3 is 0 Å². The van der Waals surface area contributed by atoms with E-state index in [0.717, 1.165) is 5.56 Å². The molecule has 0 N–H and O–H groups in total. The highest BCUT2D eigenvalue weighted by molar-refractivity contribution is 6.63. The Hall–Kier alpha value is -0.440. The third-order valence-corrected chi connectivity index (χ3v) is 2.32. The Morgan fingerprint density at radius 3 is 2.64 bits per heavy atom. The number of carbonyl (C=O) groups is 1. The van der Waals surface area contributed by atoms with E-state index in [4.69, 9.17) is 39.5 Å². The lowest BCUT2D eigenvalue weighted by Crippen LogP contribution is -2.05. The topological polar surface area (TPSA) is 26.3 Å². The molecule has 0 saturated carbocycles. The number of ether oxygens (including phenoxy) is 1. The Bertz CT molecular complexity index is 363. The van der Waals surface area contributed by atoms with Crippen LogP contribution in [0.3, 0.4) is 0 Å². The van der Waals surface area contributed by atoms with Gasteiger partial charge in [-0.1, -0.05) is 23.2 Å². The number of rotatable bonds is 3. The van der Waals surface area contributed by atoms with Crippen molar-refractivity contribution in [2.45, 2.75) is 6.92 Å². The van der Waals surface area contributed by atoms with Crippen LogP contribution >= 0.6 is 34.8 Å². The van der Waals surface area contributed by atoms with Crippen molar-refractivity contribution in [2.24, 2.45) is 0 Å². The summed E-state index contributed by atoms with van der Waals surface area (Å²) in [5, 5.41) is 0.382. The van der Waals surface area contributed by atoms with Crippen LogP contribution in [0.1, 0.15) is 5.56 Å². The molecular formula is C9H7Cl3O2. The Balaban J connectivity index is 2.90. The van der Waals surface area contributed by atoms with Gasteiger partial charge in [0.2, 0.25) is 0 Å². The number of carbonyl (C=O) groups excluding carboxylic acids is 1. The first kappa shape index (κ1) is 11.6. The lowest BCUT2D eigenvalue weighted by molar-refractivity contribution is -0.113. The summed E-state index contributed by atoms with van der Waals surface area (Å²) in [5.41, 5.74) is 0.731. The molecule has 0 saturated heterocycles. The highest BCUT2D eigenvalue weighted by Crippen LogP contribution is 2.29. The lowest BCUT2D eigenvalue weighted by atomic mass is 10.2. The standard InChI is InChI=1S/C9H7Cl3O2/c1-5-7(11)2-6(10)3-8(5)14-4-9(12)13/h2-3H,4H2,1H3. The van der Waals surface area contributed by atoms with Gasteiger partial charge in [0.25, 0.3) is 5.24 Å². The second-order valence-corrected chi connectivity index (χ2v) is 3.92. The van der Waals surface area contributed by atoms with Crippen molar-refractivity contribution in [1.82, 2.24) is 0 Å². The van der Waals surface area contributed by atoms with Crippen LogP contribution in [0.15, 0.2) is 12.1 Å². The zero-order valence-electron chi connectivity index (χ0n) is 7.31. The lowest BCUT2D eigenvalue weighted by Gasteiger charge is -2.08. The molecule has 0 unspecified atom stereocenters. The summed E-state index contributed by atoms with van der Waals surface area (Å²) in [6, 6.07) is 3.19. The monoisotopic (exact) mass is 252 g/mol. The predicted molar refractivity (Wildman–Crippen MR) is 57.6 cm³/mol. The van der Waals surface area contributed by atoms with Crippen LogP contribution in [0, 0.1) is 6.92 Å². The molecule has 0 amide bonds. The first-order valence-corrected chi connectivity index (χ1v) is 4.91. The van der Waals surface area contributed by atoms with E-state index in [1.54, 1.807) is 19.1 Å². The highest BCUT2D eigenvalue weighted by Gasteiger charge is 2.07. The molecule has 1 aromatic rings. The maximum atomic E-state index is 10.5. The van der Waals surface area contributed by atoms with E-state index in [1.165, 1.54) is 0 Å². The molecule has 76 valence electrons. The Morgan fingerprint density at radius 1 is 1.43 bits per heavy atom. The zero-order valence-corrected chi connectivity index (χ0v) is 9.58. The summed E-state index contributed by atoms with van der Waals surface area (Å²) < 4.78 is 5.11. The molecule has 1 aromatic carbocycles. The third kappa shape index (κ3) is 3.05. The van der Waals surface area contributed by atoms with Crippen LogP contribution in [0.5, 0.6) is 5.75 Å². The minimum atomic E-state index is -0.569. The molecule has 5 heteroatoms.